The highest BCUT2D eigenvalue weighted by Gasteiger charge is 2.21. The largest absolute Gasteiger partial charge is 0.484 e. The summed E-state index contributed by atoms with van der Waals surface area (Å²) in [5, 5.41) is 7.43. The second-order valence-corrected chi connectivity index (χ2v) is 9.30. The first-order valence-electron chi connectivity index (χ1n) is 10.9. The quantitative estimate of drug-likeness (QED) is 0.301. The summed E-state index contributed by atoms with van der Waals surface area (Å²) in [6.45, 7) is -0.350. The molecule has 0 saturated heterocycles. The van der Waals surface area contributed by atoms with Crippen LogP contribution in [-0.4, -0.2) is 53.3 Å². The lowest BCUT2D eigenvalue weighted by Crippen LogP contribution is -2.37. The van der Waals surface area contributed by atoms with E-state index >= 15 is 0 Å². The minimum absolute atomic E-state index is 0.0193. The first-order valence-corrected chi connectivity index (χ1v) is 12.4. The Morgan fingerprint density at radius 3 is 2.08 bits per heavy atom. The fraction of sp³-hybridized carbons (Fsp3) is 0.120. The van der Waals surface area contributed by atoms with Gasteiger partial charge in [-0.05, 0) is 42.5 Å². The molecule has 0 radical (unpaired) electrons. The van der Waals surface area contributed by atoms with Gasteiger partial charge in [-0.25, -0.2) is 18.0 Å². The number of amides is 3. The second kappa shape index (κ2) is 12.9. The first-order chi connectivity index (χ1) is 18.2. The lowest BCUT2D eigenvalue weighted by atomic mass is 10.2. The van der Waals surface area contributed by atoms with Crippen LogP contribution < -0.4 is 20.7 Å². The number of anilines is 2. The van der Waals surface area contributed by atoms with E-state index in [1.165, 1.54) is 30.3 Å². The molecule has 0 aromatic heterocycles. The predicted molar refractivity (Wildman–Crippen MR) is 138 cm³/mol. The molecule has 0 bridgehead atoms. The Morgan fingerprint density at radius 2 is 1.45 bits per heavy atom. The molecule has 0 aliphatic carbocycles. The van der Waals surface area contributed by atoms with Gasteiger partial charge in [0.1, 0.15) is 5.75 Å². The number of hydrogen-bond acceptors (Lipinski definition) is 8. The molecule has 3 amide bonds. The lowest BCUT2D eigenvalue weighted by molar-refractivity contribution is -0.118. The Morgan fingerprint density at radius 1 is 0.789 bits per heavy atom. The van der Waals surface area contributed by atoms with Crippen LogP contribution >= 0.6 is 0 Å². The molecule has 0 saturated carbocycles. The second-order valence-electron chi connectivity index (χ2n) is 7.35. The molecule has 0 aliphatic heterocycles. The monoisotopic (exact) mass is 540 g/mol. The van der Waals surface area contributed by atoms with Crippen molar-refractivity contribution in [3.8, 4) is 5.75 Å². The van der Waals surface area contributed by atoms with Crippen molar-refractivity contribution in [3.05, 3.63) is 78.9 Å². The van der Waals surface area contributed by atoms with Crippen molar-refractivity contribution in [1.82, 2.24) is 5.32 Å². The lowest BCUT2D eigenvalue weighted by Gasteiger charge is -2.16. The standard InChI is InChI=1S/C25H24N4O8S/c1-35-24(31)28-23(29-25(32)36-2)27-21-15-19(38(33,34)18-11-7-4-8-12-18)13-14-20(21)26-22(30)16-37-17-9-5-3-6-10-17/h3-15H,16H2,1-2H3,(H,26,30)(H2,27,28,29,31,32). The van der Waals surface area contributed by atoms with Crippen molar-refractivity contribution < 1.29 is 37.0 Å². The maximum Gasteiger partial charge on any atom is 0.436 e. The molecular weight excluding hydrogens is 516 g/mol. The molecular formula is C25H24N4O8S. The maximum atomic E-state index is 13.2. The number of hydrogen-bond donors (Lipinski definition) is 3. The predicted octanol–water partition coefficient (Wildman–Crippen LogP) is 3.43. The van der Waals surface area contributed by atoms with Gasteiger partial charge in [0.25, 0.3) is 5.91 Å². The SMILES string of the molecule is COC(=O)/N=C(/NC(=O)OC)Nc1cc(S(=O)(=O)c2ccccc2)ccc1NC(=O)COc1ccccc1. The third-order valence-corrected chi connectivity index (χ3v) is 6.55. The summed E-state index contributed by atoms with van der Waals surface area (Å²) in [4.78, 5) is 39.6. The van der Waals surface area contributed by atoms with Gasteiger partial charge in [-0.15, -0.1) is 4.99 Å². The van der Waals surface area contributed by atoms with Gasteiger partial charge < -0.3 is 24.8 Å². The maximum absolute atomic E-state index is 13.2. The molecule has 38 heavy (non-hydrogen) atoms. The number of nitrogens with zero attached hydrogens (tertiary/aromatic N) is 1. The van der Waals surface area contributed by atoms with E-state index in [1.807, 2.05) is 0 Å². The minimum Gasteiger partial charge on any atom is -0.484 e. The van der Waals surface area contributed by atoms with Gasteiger partial charge in [0.05, 0.1) is 35.4 Å². The number of carbonyl (C=O) groups is 3. The molecule has 0 fully saturated rings. The van der Waals surface area contributed by atoms with Crippen LogP contribution in [-0.2, 0) is 24.1 Å². The van der Waals surface area contributed by atoms with E-state index in [2.05, 4.69) is 30.4 Å². The summed E-state index contributed by atoms with van der Waals surface area (Å²) in [6, 6.07) is 20.2. The smallest absolute Gasteiger partial charge is 0.436 e. The number of ether oxygens (including phenoxy) is 3. The zero-order chi connectivity index (χ0) is 27.5. The number of rotatable bonds is 7. The number of carbonyl (C=O) groups excluding carboxylic acids is 3. The Hall–Kier alpha value is -4.91. The zero-order valence-electron chi connectivity index (χ0n) is 20.3. The summed E-state index contributed by atoms with van der Waals surface area (Å²) in [5.74, 6) is -0.544. The van der Waals surface area contributed by atoms with Gasteiger partial charge in [0.15, 0.2) is 6.61 Å². The number of benzene rings is 3. The first kappa shape index (κ1) is 27.7. The number of sulfone groups is 1. The minimum atomic E-state index is -3.97. The van der Waals surface area contributed by atoms with Crippen LogP contribution in [0.2, 0.25) is 0 Å². The summed E-state index contributed by atoms with van der Waals surface area (Å²) in [7, 11) is -1.79. The Bertz CT molecular complexity index is 1430. The van der Waals surface area contributed by atoms with Crippen LogP contribution in [0.15, 0.2) is 93.6 Å². The van der Waals surface area contributed by atoms with Crippen LogP contribution in [0.3, 0.4) is 0 Å². The summed E-state index contributed by atoms with van der Waals surface area (Å²) < 4.78 is 40.8. The van der Waals surface area contributed by atoms with Gasteiger partial charge in [-0.1, -0.05) is 36.4 Å². The molecule has 0 unspecified atom stereocenters. The number of methoxy groups -OCH3 is 2. The van der Waals surface area contributed by atoms with Crippen molar-refractivity contribution >= 4 is 45.3 Å². The molecule has 12 nitrogen and oxygen atoms in total. The van der Waals surface area contributed by atoms with Crippen LogP contribution in [0.5, 0.6) is 5.75 Å². The number of alkyl carbamates (subject to hydrolysis) is 1. The molecule has 0 aliphatic rings. The molecule has 0 atom stereocenters. The Balaban J connectivity index is 1.97. The van der Waals surface area contributed by atoms with E-state index < -0.39 is 33.9 Å². The molecule has 3 rings (SSSR count). The van der Waals surface area contributed by atoms with E-state index in [4.69, 9.17) is 4.74 Å². The van der Waals surface area contributed by atoms with Crippen molar-refractivity contribution in [3.63, 3.8) is 0 Å². The van der Waals surface area contributed by atoms with Crippen molar-refractivity contribution in [2.45, 2.75) is 9.79 Å². The molecule has 3 aromatic carbocycles. The fourth-order valence-electron chi connectivity index (χ4n) is 2.99. The topological polar surface area (TPSA) is 161 Å². The molecule has 0 heterocycles. The average Bonchev–Trinajstić information content (AvgIpc) is 2.93. The summed E-state index contributed by atoms with van der Waals surface area (Å²) in [6.07, 6.45) is -2.05. The number of nitrogens with one attached hydrogen (secondary N) is 3. The van der Waals surface area contributed by atoms with Gasteiger partial charge in [-0.3, -0.25) is 10.1 Å². The molecule has 3 N–H and O–H groups in total. The van der Waals surface area contributed by atoms with E-state index in [0.717, 1.165) is 14.2 Å². The third-order valence-electron chi connectivity index (χ3n) is 4.78. The number of guanidine groups is 1. The molecule has 13 heteroatoms. The summed E-state index contributed by atoms with van der Waals surface area (Å²) >= 11 is 0. The summed E-state index contributed by atoms with van der Waals surface area (Å²) in [5.41, 5.74) is 0.0806. The van der Waals surface area contributed by atoms with E-state index in [1.54, 1.807) is 48.5 Å². The van der Waals surface area contributed by atoms with Crippen molar-refractivity contribution in [1.29, 1.82) is 0 Å². The van der Waals surface area contributed by atoms with Crippen LogP contribution in [0.4, 0.5) is 21.0 Å². The van der Waals surface area contributed by atoms with Crippen molar-refractivity contribution in [2.24, 2.45) is 4.99 Å². The molecule has 3 aromatic rings. The third kappa shape index (κ3) is 7.54. The van der Waals surface area contributed by atoms with Gasteiger partial charge in [0.2, 0.25) is 15.8 Å². The van der Waals surface area contributed by atoms with Gasteiger partial charge in [0, 0.05) is 0 Å². The van der Waals surface area contributed by atoms with Crippen LogP contribution in [0.1, 0.15) is 0 Å². The van der Waals surface area contributed by atoms with E-state index in [9.17, 15) is 22.8 Å². The highest BCUT2D eigenvalue weighted by Crippen LogP contribution is 2.29. The average molecular weight is 541 g/mol. The Labute approximate surface area is 218 Å². The van der Waals surface area contributed by atoms with Gasteiger partial charge in [-0.2, -0.15) is 0 Å². The number of aliphatic imine (C=N–C) groups is 1. The van der Waals surface area contributed by atoms with Gasteiger partial charge >= 0.3 is 12.2 Å². The van der Waals surface area contributed by atoms with E-state index in [0.29, 0.717) is 5.75 Å². The highest BCUT2D eigenvalue weighted by atomic mass is 32.2. The van der Waals surface area contributed by atoms with Crippen LogP contribution in [0.25, 0.3) is 0 Å². The van der Waals surface area contributed by atoms with E-state index in [-0.39, 0.29) is 27.8 Å². The zero-order valence-corrected chi connectivity index (χ0v) is 21.2. The molecule has 0 spiro atoms. The molecule has 198 valence electrons. The van der Waals surface area contributed by atoms with Crippen LogP contribution in [0, 0.1) is 0 Å². The normalized spacial score (nSPS) is 11.2. The fourth-order valence-corrected chi connectivity index (χ4v) is 4.30. The number of para-hydroxylation sites is 1. The Kier molecular flexibility index (Phi) is 9.37. The highest BCUT2D eigenvalue weighted by molar-refractivity contribution is 7.91. The van der Waals surface area contributed by atoms with Crippen molar-refractivity contribution in [2.75, 3.05) is 31.5 Å².